The lowest BCUT2D eigenvalue weighted by Crippen LogP contribution is -2.61. The van der Waals surface area contributed by atoms with E-state index in [1.165, 1.54) is 38.8 Å². The first kappa shape index (κ1) is 35.9. The Morgan fingerprint density at radius 2 is 1.19 bits per heavy atom. The zero-order valence-electron chi connectivity index (χ0n) is 33.6. The molecule has 1 unspecified atom stereocenters. The maximum absolute atomic E-state index is 7.21. The Morgan fingerprint density at radius 1 is 0.586 bits per heavy atom. The van der Waals surface area contributed by atoms with Crippen LogP contribution >= 0.6 is 0 Å². The lowest BCUT2D eigenvalue weighted by Gasteiger charge is -2.43. The molecule has 2 aliphatic heterocycles. The van der Waals surface area contributed by atoms with E-state index in [1.54, 1.807) is 0 Å². The van der Waals surface area contributed by atoms with Gasteiger partial charge in [0.05, 0.1) is 11.3 Å². The monoisotopic (exact) mass is 753 g/mol. The van der Waals surface area contributed by atoms with E-state index >= 15 is 0 Å². The van der Waals surface area contributed by atoms with Crippen molar-refractivity contribution in [2.75, 3.05) is 14.7 Å². The highest BCUT2D eigenvalue weighted by Gasteiger charge is 2.47. The molecule has 10 rings (SSSR count). The topological polar surface area (TPSA) is 22.9 Å². The van der Waals surface area contributed by atoms with Crippen molar-refractivity contribution in [1.82, 2.24) is 0 Å². The van der Waals surface area contributed by atoms with Gasteiger partial charge < -0.3 is 19.1 Å². The average Bonchev–Trinajstić information content (AvgIpc) is 3.65. The van der Waals surface area contributed by atoms with Crippen LogP contribution in [0.15, 0.2) is 174 Å². The van der Waals surface area contributed by atoms with E-state index < -0.39 is 0 Å². The van der Waals surface area contributed by atoms with Gasteiger partial charge in [-0.25, -0.2) is 0 Å². The Bertz CT molecular complexity index is 2670. The molecule has 7 aromatic carbocycles. The van der Waals surface area contributed by atoms with E-state index in [1.807, 2.05) is 0 Å². The molecule has 4 nitrogen and oxygen atoms in total. The number of rotatable bonds is 11. The smallest absolute Gasteiger partial charge is 0.297 e. The maximum Gasteiger partial charge on any atom is 0.297 e. The number of aryl methyl sites for hydroxylation is 1. The molecule has 2 aliphatic rings. The molecule has 0 radical (unpaired) electrons. The zero-order valence-corrected chi connectivity index (χ0v) is 33.6. The SMILES string of the molecule is CCCCc1ccc2oc3c(c2c1)N(c1ccccc1)c1cc(C(C)CCC)cc2c1B3c1ccc(N(c3ccccc3)c3ccccc3)cc1N2c1ccccc1. The summed E-state index contributed by atoms with van der Waals surface area (Å²) in [5.74, 6) is 0.378. The predicted octanol–water partition coefficient (Wildman–Crippen LogP) is 13.2. The van der Waals surface area contributed by atoms with Gasteiger partial charge in [0.15, 0.2) is 0 Å². The molecule has 1 atom stereocenters. The van der Waals surface area contributed by atoms with Gasteiger partial charge in [-0.2, -0.15) is 0 Å². The molecular weight excluding hydrogens is 705 g/mol. The van der Waals surface area contributed by atoms with Crippen molar-refractivity contribution in [2.45, 2.75) is 58.8 Å². The first-order valence-corrected chi connectivity index (χ1v) is 21.1. The van der Waals surface area contributed by atoms with Gasteiger partial charge in [0.25, 0.3) is 6.71 Å². The van der Waals surface area contributed by atoms with Crippen molar-refractivity contribution in [3.05, 3.63) is 181 Å². The van der Waals surface area contributed by atoms with Crippen molar-refractivity contribution in [3.63, 3.8) is 0 Å². The minimum Gasteiger partial charge on any atom is -0.468 e. The molecule has 0 amide bonds. The van der Waals surface area contributed by atoms with Crippen LogP contribution in [0.4, 0.5) is 51.2 Å². The third kappa shape index (κ3) is 6.08. The summed E-state index contributed by atoms with van der Waals surface area (Å²) in [6.07, 6.45) is 5.62. The molecule has 0 bridgehead atoms. The van der Waals surface area contributed by atoms with Crippen molar-refractivity contribution >= 4 is 85.5 Å². The fraction of sp³-hybridized carbons (Fsp3) is 0.170. The van der Waals surface area contributed by atoms with E-state index in [9.17, 15) is 0 Å². The molecule has 284 valence electrons. The summed E-state index contributed by atoms with van der Waals surface area (Å²) in [5.41, 5.74) is 17.5. The molecule has 3 heterocycles. The zero-order chi connectivity index (χ0) is 39.2. The highest BCUT2D eigenvalue weighted by atomic mass is 16.3. The Hall–Kier alpha value is -6.46. The average molecular weight is 754 g/mol. The molecule has 0 saturated heterocycles. The summed E-state index contributed by atoms with van der Waals surface area (Å²) >= 11 is 0. The van der Waals surface area contributed by atoms with Crippen LogP contribution in [0.2, 0.25) is 0 Å². The number of furan rings is 1. The summed E-state index contributed by atoms with van der Waals surface area (Å²) in [4.78, 5) is 7.40. The highest BCUT2D eigenvalue weighted by Crippen LogP contribution is 2.49. The van der Waals surface area contributed by atoms with Crippen molar-refractivity contribution in [1.29, 1.82) is 0 Å². The Balaban J connectivity index is 1.29. The van der Waals surface area contributed by atoms with Crippen molar-refractivity contribution < 1.29 is 4.42 Å². The van der Waals surface area contributed by atoms with Gasteiger partial charge in [0, 0.05) is 50.9 Å². The first-order valence-electron chi connectivity index (χ1n) is 21.1. The van der Waals surface area contributed by atoms with Gasteiger partial charge in [-0.15, -0.1) is 0 Å². The number of benzene rings is 7. The Kier molecular flexibility index (Phi) is 9.37. The second-order valence-electron chi connectivity index (χ2n) is 15.9. The van der Waals surface area contributed by atoms with Crippen molar-refractivity contribution in [2.24, 2.45) is 0 Å². The minimum absolute atomic E-state index is 0.118. The van der Waals surface area contributed by atoms with Gasteiger partial charge in [-0.3, -0.25) is 0 Å². The normalized spacial score (nSPS) is 13.3. The fourth-order valence-electron chi connectivity index (χ4n) is 9.40. The van der Waals surface area contributed by atoms with Gasteiger partial charge >= 0.3 is 0 Å². The lowest BCUT2D eigenvalue weighted by atomic mass is 9.35. The summed E-state index contributed by atoms with van der Waals surface area (Å²) in [5, 5.41) is 1.18. The second kappa shape index (κ2) is 15.1. The third-order valence-corrected chi connectivity index (χ3v) is 12.2. The number of hydrogen-bond acceptors (Lipinski definition) is 4. The number of para-hydroxylation sites is 4. The largest absolute Gasteiger partial charge is 0.468 e. The van der Waals surface area contributed by atoms with Gasteiger partial charge in [0.2, 0.25) is 0 Å². The van der Waals surface area contributed by atoms with Crippen LogP contribution < -0.4 is 31.3 Å². The van der Waals surface area contributed by atoms with E-state index in [4.69, 9.17) is 4.42 Å². The van der Waals surface area contributed by atoms with Crippen LogP contribution in [-0.4, -0.2) is 6.71 Å². The van der Waals surface area contributed by atoms with E-state index in [0.717, 1.165) is 83.2 Å². The van der Waals surface area contributed by atoms with Crippen LogP contribution in [0.1, 0.15) is 63.5 Å². The molecule has 58 heavy (non-hydrogen) atoms. The van der Waals surface area contributed by atoms with E-state index in [0.29, 0.717) is 5.92 Å². The van der Waals surface area contributed by atoms with E-state index in [2.05, 4.69) is 205 Å². The minimum atomic E-state index is -0.118. The molecule has 0 aliphatic carbocycles. The van der Waals surface area contributed by atoms with Crippen LogP contribution in [0.25, 0.3) is 11.0 Å². The highest BCUT2D eigenvalue weighted by molar-refractivity contribution is 7.00. The second-order valence-corrected chi connectivity index (χ2v) is 15.9. The number of unbranched alkanes of at least 4 members (excludes halogenated alkanes) is 1. The molecule has 0 spiro atoms. The van der Waals surface area contributed by atoms with Gasteiger partial charge in [0.1, 0.15) is 5.58 Å². The molecular formula is C53H48BN3O. The molecule has 0 saturated carbocycles. The van der Waals surface area contributed by atoms with Crippen LogP contribution in [0.3, 0.4) is 0 Å². The Labute approximate surface area is 343 Å². The maximum atomic E-state index is 7.21. The van der Waals surface area contributed by atoms with Crippen LogP contribution in [-0.2, 0) is 6.42 Å². The molecule has 1 aromatic heterocycles. The molecule has 8 aromatic rings. The van der Waals surface area contributed by atoms with Crippen molar-refractivity contribution in [3.8, 4) is 0 Å². The summed E-state index contributed by atoms with van der Waals surface area (Å²) < 4.78 is 7.21. The molecule has 5 heteroatoms. The van der Waals surface area contributed by atoms with E-state index in [-0.39, 0.29) is 6.71 Å². The standard InChI is InChI=1S/C53H48BN3O/c1-4-6-20-38-29-32-50-45(33-38)52-53(58-50)54-46-31-30-44(55(40-21-11-7-12-22-40)41-23-13-8-14-24-41)36-47(46)56(42-25-15-9-16-26-42)48-34-39(37(3)19-5-2)35-49(51(48)54)57(52)43-27-17-10-18-28-43/h7-18,21-37H,4-6,19-20H2,1-3H3. The van der Waals surface area contributed by atoms with Crippen LogP contribution in [0.5, 0.6) is 0 Å². The Morgan fingerprint density at radius 3 is 1.81 bits per heavy atom. The summed E-state index contributed by atoms with van der Waals surface area (Å²) in [6, 6.07) is 62.2. The first-order chi connectivity index (χ1) is 28.6. The molecule has 0 N–H and O–H groups in total. The van der Waals surface area contributed by atoms with Crippen LogP contribution in [0, 0.1) is 0 Å². The lowest BCUT2D eigenvalue weighted by molar-refractivity contribution is 0.650. The number of hydrogen-bond donors (Lipinski definition) is 0. The number of anilines is 9. The third-order valence-electron chi connectivity index (χ3n) is 12.2. The van der Waals surface area contributed by atoms with Gasteiger partial charge in [-0.1, -0.05) is 119 Å². The number of nitrogens with zero attached hydrogens (tertiary/aromatic N) is 3. The predicted molar refractivity (Wildman–Crippen MR) is 247 cm³/mol. The number of fused-ring (bicyclic) bond motifs is 6. The summed E-state index contributed by atoms with van der Waals surface area (Å²) in [6.45, 7) is 6.84. The quantitative estimate of drug-likeness (QED) is 0.123. The molecule has 0 fully saturated rings. The fourth-order valence-corrected chi connectivity index (χ4v) is 9.40. The summed E-state index contributed by atoms with van der Waals surface area (Å²) in [7, 11) is 0. The van der Waals surface area contributed by atoms with Gasteiger partial charge in [-0.05, 0) is 132 Å².